The monoisotopic (exact) mass is 681 g/mol. The summed E-state index contributed by atoms with van der Waals surface area (Å²) in [6.07, 6.45) is 5.28. The summed E-state index contributed by atoms with van der Waals surface area (Å²) in [6.45, 7) is 15.2. The quantitative estimate of drug-likeness (QED) is 0.307. The number of aromatic nitrogens is 2. The SMILES string of the molecule is COc1cc(O[C@H]2C(C)(C)[C@H](NC(=O)c3ccc(N4CCC(CN5CCN(c6cnc(C(=O)O)nc6)CC5)CC4)cc3)C2(C)C)ccc1C#N. The Kier molecular flexibility index (Phi) is 9.89. The summed E-state index contributed by atoms with van der Waals surface area (Å²) in [7, 11) is 1.54. The van der Waals surface area contributed by atoms with Crippen molar-refractivity contribution in [2.45, 2.75) is 52.7 Å². The number of benzene rings is 2. The molecular weight excluding hydrogens is 634 g/mol. The first-order valence-corrected chi connectivity index (χ1v) is 17.3. The number of carboxylic acid groups (broad SMARTS) is 1. The molecule has 3 fully saturated rings. The van der Waals surface area contributed by atoms with Gasteiger partial charge in [-0.15, -0.1) is 0 Å². The molecule has 2 aliphatic heterocycles. The lowest BCUT2D eigenvalue weighted by atomic mass is 9.49. The molecule has 3 aromatic rings. The summed E-state index contributed by atoms with van der Waals surface area (Å²) in [5, 5.41) is 21.7. The zero-order chi connectivity index (χ0) is 35.6. The van der Waals surface area contributed by atoms with Crippen LogP contribution in [0.15, 0.2) is 54.9 Å². The molecule has 0 atom stereocenters. The van der Waals surface area contributed by atoms with Gasteiger partial charge in [0.05, 0.1) is 30.8 Å². The van der Waals surface area contributed by atoms with E-state index in [1.54, 1.807) is 30.6 Å². The summed E-state index contributed by atoms with van der Waals surface area (Å²) in [6, 6.07) is 15.2. The van der Waals surface area contributed by atoms with Crippen molar-refractivity contribution in [1.82, 2.24) is 20.2 Å². The van der Waals surface area contributed by atoms with Crippen molar-refractivity contribution in [3.05, 3.63) is 71.8 Å². The fraction of sp³-hybridized carbons (Fsp3) is 0.500. The Bertz CT molecular complexity index is 1710. The molecule has 50 heavy (non-hydrogen) atoms. The van der Waals surface area contributed by atoms with Crippen LogP contribution < -0.4 is 24.6 Å². The summed E-state index contributed by atoms with van der Waals surface area (Å²) in [4.78, 5) is 39.6. The number of carbonyl (C=O) groups excluding carboxylic acids is 1. The standard InChI is InChI=1S/C38H47N7O5/c1-37(2)35(38(3,4)36(37)50-30-11-8-27(21-39)31(20-30)49-5)42-33(46)26-6-9-28(10-7-26)44-14-12-25(13-15-44)24-43-16-18-45(19-17-43)29-22-40-32(34(47)48)41-23-29/h6-11,20,22-23,25,35-36H,12-19,24H2,1-5H3,(H,42,46)(H,47,48)/t35-,36-. The number of ether oxygens (including phenoxy) is 2. The highest BCUT2D eigenvalue weighted by Crippen LogP contribution is 2.55. The summed E-state index contributed by atoms with van der Waals surface area (Å²) >= 11 is 0. The van der Waals surface area contributed by atoms with E-state index in [4.69, 9.17) is 14.6 Å². The van der Waals surface area contributed by atoms with E-state index >= 15 is 0 Å². The molecule has 6 rings (SSSR count). The van der Waals surface area contributed by atoms with Crippen molar-refractivity contribution in [2.75, 3.05) is 62.7 Å². The molecule has 1 amide bonds. The molecule has 12 nitrogen and oxygen atoms in total. The average molecular weight is 682 g/mol. The molecule has 0 radical (unpaired) electrons. The van der Waals surface area contributed by atoms with Gasteiger partial charge in [-0.05, 0) is 55.2 Å². The fourth-order valence-electron chi connectivity index (χ4n) is 8.33. The number of piperidine rings is 1. The van der Waals surface area contributed by atoms with Gasteiger partial charge < -0.3 is 29.7 Å². The maximum Gasteiger partial charge on any atom is 0.373 e. The van der Waals surface area contributed by atoms with Gasteiger partial charge in [-0.1, -0.05) is 27.7 Å². The van der Waals surface area contributed by atoms with Crippen molar-refractivity contribution in [3.63, 3.8) is 0 Å². The van der Waals surface area contributed by atoms with Gasteiger partial charge in [-0.2, -0.15) is 5.26 Å². The number of carbonyl (C=O) groups is 2. The number of hydrogen-bond donors (Lipinski definition) is 2. The molecule has 2 N–H and O–H groups in total. The number of rotatable bonds is 10. The number of nitrogens with one attached hydrogen (secondary N) is 1. The number of nitrogens with zero attached hydrogens (tertiary/aromatic N) is 6. The third-order valence-electron chi connectivity index (χ3n) is 10.9. The Balaban J connectivity index is 0.963. The molecular formula is C38H47N7O5. The highest BCUT2D eigenvalue weighted by atomic mass is 16.5. The van der Waals surface area contributed by atoms with Crippen molar-refractivity contribution in [3.8, 4) is 17.6 Å². The van der Waals surface area contributed by atoms with E-state index in [2.05, 4.69) is 75.9 Å². The first kappa shape index (κ1) is 35.0. The van der Waals surface area contributed by atoms with E-state index in [1.807, 2.05) is 12.1 Å². The van der Waals surface area contributed by atoms with Crippen LogP contribution in [0, 0.1) is 28.1 Å². The van der Waals surface area contributed by atoms with Crippen molar-refractivity contribution >= 4 is 23.3 Å². The minimum Gasteiger partial charge on any atom is -0.495 e. The van der Waals surface area contributed by atoms with E-state index in [0.29, 0.717) is 28.5 Å². The van der Waals surface area contributed by atoms with E-state index in [9.17, 15) is 14.9 Å². The Morgan fingerprint density at radius 2 is 1.54 bits per heavy atom. The molecule has 3 heterocycles. The van der Waals surface area contributed by atoms with Crippen LogP contribution in [0.4, 0.5) is 11.4 Å². The van der Waals surface area contributed by atoms with Gasteiger partial charge >= 0.3 is 5.97 Å². The smallest absolute Gasteiger partial charge is 0.373 e. The predicted molar refractivity (Wildman–Crippen MR) is 190 cm³/mol. The Morgan fingerprint density at radius 1 is 0.920 bits per heavy atom. The molecule has 12 heteroatoms. The van der Waals surface area contributed by atoms with E-state index in [1.165, 1.54) is 7.11 Å². The molecule has 1 saturated carbocycles. The van der Waals surface area contributed by atoms with Gasteiger partial charge in [0.1, 0.15) is 23.7 Å². The molecule has 0 unspecified atom stereocenters. The Labute approximate surface area is 294 Å². The number of piperazine rings is 1. The maximum atomic E-state index is 13.5. The van der Waals surface area contributed by atoms with Crippen LogP contribution in [0.5, 0.6) is 11.5 Å². The minimum atomic E-state index is -1.12. The highest BCUT2D eigenvalue weighted by molar-refractivity contribution is 5.95. The lowest BCUT2D eigenvalue weighted by molar-refractivity contribution is -0.164. The third-order valence-corrected chi connectivity index (χ3v) is 10.9. The number of nitriles is 1. The van der Waals surface area contributed by atoms with Crippen LogP contribution in [0.2, 0.25) is 0 Å². The normalized spacial score (nSPS) is 21.8. The molecule has 1 aromatic heterocycles. The van der Waals surface area contributed by atoms with Gasteiger partial charge in [0, 0.05) is 80.0 Å². The van der Waals surface area contributed by atoms with Crippen LogP contribution in [-0.2, 0) is 0 Å². The van der Waals surface area contributed by atoms with Gasteiger partial charge in [-0.3, -0.25) is 9.69 Å². The topological polar surface area (TPSA) is 144 Å². The largest absolute Gasteiger partial charge is 0.495 e. The van der Waals surface area contributed by atoms with E-state index in [-0.39, 0.29) is 34.7 Å². The van der Waals surface area contributed by atoms with Crippen LogP contribution in [0.1, 0.15) is 67.1 Å². The Morgan fingerprint density at radius 3 is 2.12 bits per heavy atom. The molecule has 1 aliphatic carbocycles. The summed E-state index contributed by atoms with van der Waals surface area (Å²) in [5.74, 6) is 0.365. The number of amides is 1. The van der Waals surface area contributed by atoms with E-state index < -0.39 is 5.97 Å². The van der Waals surface area contributed by atoms with Crippen molar-refractivity contribution < 1.29 is 24.2 Å². The number of anilines is 2. The lowest BCUT2D eigenvalue weighted by Gasteiger charge is -2.63. The molecule has 264 valence electrons. The first-order valence-electron chi connectivity index (χ1n) is 17.3. The molecule has 0 bridgehead atoms. The van der Waals surface area contributed by atoms with Crippen molar-refractivity contribution in [2.24, 2.45) is 16.7 Å². The highest BCUT2D eigenvalue weighted by Gasteiger charge is 2.64. The zero-order valence-corrected chi connectivity index (χ0v) is 29.6. The van der Waals surface area contributed by atoms with Crippen LogP contribution in [0.25, 0.3) is 0 Å². The second-order valence-electron chi connectivity index (χ2n) is 14.9. The second-order valence-corrected chi connectivity index (χ2v) is 14.9. The number of hydrogen-bond acceptors (Lipinski definition) is 10. The fourth-order valence-corrected chi connectivity index (χ4v) is 8.33. The number of carboxylic acids is 1. The van der Waals surface area contributed by atoms with E-state index in [0.717, 1.165) is 70.0 Å². The Hall–Kier alpha value is -4.89. The molecule has 2 aromatic carbocycles. The zero-order valence-electron chi connectivity index (χ0n) is 29.6. The van der Waals surface area contributed by atoms with Gasteiger partial charge in [-0.25, -0.2) is 14.8 Å². The number of aromatic carboxylic acids is 1. The average Bonchev–Trinajstić information content (AvgIpc) is 3.13. The minimum absolute atomic E-state index is 0.0928. The van der Waals surface area contributed by atoms with Gasteiger partial charge in [0.25, 0.3) is 5.91 Å². The second kappa shape index (κ2) is 14.2. The maximum absolute atomic E-state index is 13.5. The van der Waals surface area contributed by atoms with Crippen molar-refractivity contribution in [1.29, 1.82) is 5.26 Å². The third kappa shape index (κ3) is 7.05. The predicted octanol–water partition coefficient (Wildman–Crippen LogP) is 4.71. The summed E-state index contributed by atoms with van der Waals surface area (Å²) < 4.78 is 11.8. The van der Waals surface area contributed by atoms with Crippen LogP contribution >= 0.6 is 0 Å². The molecule has 0 spiro atoms. The van der Waals surface area contributed by atoms with Crippen LogP contribution in [-0.4, -0.2) is 96.9 Å². The first-order chi connectivity index (χ1) is 23.9. The van der Waals surface area contributed by atoms with Gasteiger partial charge in [0.15, 0.2) is 0 Å². The van der Waals surface area contributed by atoms with Gasteiger partial charge in [0.2, 0.25) is 5.82 Å². The number of methoxy groups -OCH3 is 1. The summed E-state index contributed by atoms with van der Waals surface area (Å²) in [5.41, 5.74) is 2.44. The molecule has 2 saturated heterocycles. The lowest BCUT2D eigenvalue weighted by Crippen LogP contribution is -2.74. The van der Waals surface area contributed by atoms with Crippen LogP contribution in [0.3, 0.4) is 0 Å². The molecule has 3 aliphatic rings.